The molecule has 7 heteroatoms. The standard InChI is InChI=1S/C28H31N3O4/c1-21-27(33-18-23-13-7-3-8-14-23)26(30-31-29)28(34-19-24-15-9-4-10-16-24)25(35-21)20-32-17-22-11-5-2-6-12-22/h2-16,21,25-28H,17-20H2,1H3. The number of benzene rings is 3. The molecule has 0 N–H and O–H groups in total. The molecule has 3 aromatic rings. The third-order valence-electron chi connectivity index (χ3n) is 6.04. The molecule has 0 radical (unpaired) electrons. The van der Waals surface area contributed by atoms with Crippen LogP contribution in [0.3, 0.4) is 0 Å². The third-order valence-corrected chi connectivity index (χ3v) is 6.04. The molecule has 1 aliphatic rings. The van der Waals surface area contributed by atoms with E-state index in [0.29, 0.717) is 26.4 Å². The zero-order valence-corrected chi connectivity index (χ0v) is 19.9. The lowest BCUT2D eigenvalue weighted by Crippen LogP contribution is -2.58. The van der Waals surface area contributed by atoms with Crippen molar-refractivity contribution in [3.05, 3.63) is 118 Å². The van der Waals surface area contributed by atoms with Crippen LogP contribution in [0.25, 0.3) is 10.4 Å². The zero-order chi connectivity index (χ0) is 24.3. The van der Waals surface area contributed by atoms with Gasteiger partial charge in [-0.15, -0.1) is 0 Å². The van der Waals surface area contributed by atoms with E-state index in [2.05, 4.69) is 10.0 Å². The monoisotopic (exact) mass is 473 g/mol. The highest BCUT2D eigenvalue weighted by Gasteiger charge is 2.45. The van der Waals surface area contributed by atoms with Crippen molar-refractivity contribution in [2.45, 2.75) is 57.2 Å². The molecule has 5 atom stereocenters. The van der Waals surface area contributed by atoms with Gasteiger partial charge in [0.25, 0.3) is 0 Å². The Morgan fingerprint density at radius 2 is 1.23 bits per heavy atom. The zero-order valence-electron chi connectivity index (χ0n) is 19.9. The summed E-state index contributed by atoms with van der Waals surface area (Å²) >= 11 is 0. The van der Waals surface area contributed by atoms with Crippen LogP contribution >= 0.6 is 0 Å². The number of hydrogen-bond acceptors (Lipinski definition) is 5. The molecule has 0 aliphatic carbocycles. The fraction of sp³-hybridized carbons (Fsp3) is 0.357. The molecule has 1 heterocycles. The van der Waals surface area contributed by atoms with Crippen molar-refractivity contribution in [1.82, 2.24) is 0 Å². The van der Waals surface area contributed by atoms with E-state index >= 15 is 0 Å². The van der Waals surface area contributed by atoms with Crippen LogP contribution in [0, 0.1) is 0 Å². The Hall–Kier alpha value is -3.19. The minimum absolute atomic E-state index is 0.307. The van der Waals surface area contributed by atoms with Crippen LogP contribution < -0.4 is 0 Å². The van der Waals surface area contributed by atoms with Crippen molar-refractivity contribution in [2.75, 3.05) is 6.61 Å². The lowest BCUT2D eigenvalue weighted by atomic mass is 9.93. The van der Waals surface area contributed by atoms with Crippen LogP contribution in [-0.4, -0.2) is 37.1 Å². The minimum Gasteiger partial charge on any atom is -0.374 e. The topological polar surface area (TPSA) is 85.7 Å². The summed E-state index contributed by atoms with van der Waals surface area (Å²) in [6, 6.07) is 29.2. The first kappa shape index (κ1) is 24.9. The minimum atomic E-state index is -0.568. The molecule has 0 amide bonds. The van der Waals surface area contributed by atoms with Crippen molar-refractivity contribution in [3.8, 4) is 0 Å². The molecule has 1 saturated heterocycles. The highest BCUT2D eigenvalue weighted by atomic mass is 16.6. The molecule has 0 aromatic heterocycles. The predicted molar refractivity (Wildman–Crippen MR) is 133 cm³/mol. The van der Waals surface area contributed by atoms with Crippen LogP contribution in [0.15, 0.2) is 96.1 Å². The van der Waals surface area contributed by atoms with E-state index in [1.54, 1.807) is 0 Å². The Kier molecular flexibility index (Phi) is 9.29. The summed E-state index contributed by atoms with van der Waals surface area (Å²) in [6.45, 7) is 3.45. The van der Waals surface area contributed by atoms with Gasteiger partial charge in [0.1, 0.15) is 6.10 Å². The van der Waals surface area contributed by atoms with E-state index < -0.39 is 24.4 Å². The van der Waals surface area contributed by atoms with Gasteiger partial charge < -0.3 is 18.9 Å². The Balaban J connectivity index is 1.49. The third kappa shape index (κ3) is 7.15. The van der Waals surface area contributed by atoms with E-state index in [0.717, 1.165) is 16.7 Å². The summed E-state index contributed by atoms with van der Waals surface area (Å²) in [4.78, 5) is 3.14. The maximum Gasteiger partial charge on any atom is 0.108 e. The van der Waals surface area contributed by atoms with Gasteiger partial charge in [0.05, 0.1) is 50.8 Å². The Morgan fingerprint density at radius 3 is 1.74 bits per heavy atom. The second-order valence-electron chi connectivity index (χ2n) is 8.60. The molecule has 182 valence electrons. The molecule has 5 unspecified atom stereocenters. The number of azide groups is 1. The Labute approximate surface area is 206 Å². The average molecular weight is 474 g/mol. The van der Waals surface area contributed by atoms with Gasteiger partial charge in [0.2, 0.25) is 0 Å². The molecule has 7 nitrogen and oxygen atoms in total. The smallest absolute Gasteiger partial charge is 0.108 e. The molecule has 0 saturated carbocycles. The highest BCUT2D eigenvalue weighted by Crippen LogP contribution is 2.30. The quantitative estimate of drug-likeness (QED) is 0.199. The van der Waals surface area contributed by atoms with Gasteiger partial charge in [-0.3, -0.25) is 0 Å². The van der Waals surface area contributed by atoms with E-state index in [1.165, 1.54) is 0 Å². The van der Waals surface area contributed by atoms with E-state index in [-0.39, 0.29) is 6.10 Å². The molecular formula is C28H31N3O4. The molecule has 0 bridgehead atoms. The van der Waals surface area contributed by atoms with Crippen molar-refractivity contribution in [3.63, 3.8) is 0 Å². The molecule has 0 spiro atoms. The summed E-state index contributed by atoms with van der Waals surface area (Å²) in [5, 5.41) is 4.13. The van der Waals surface area contributed by atoms with Crippen LogP contribution in [0.1, 0.15) is 23.6 Å². The summed E-state index contributed by atoms with van der Waals surface area (Å²) in [5.41, 5.74) is 12.5. The SMILES string of the molecule is CC1OC(COCc2ccccc2)C(OCc2ccccc2)C(N=[N+]=[N-])C1OCc1ccccc1. The second-order valence-corrected chi connectivity index (χ2v) is 8.60. The fourth-order valence-electron chi connectivity index (χ4n) is 4.28. The lowest BCUT2D eigenvalue weighted by Gasteiger charge is -2.44. The van der Waals surface area contributed by atoms with Crippen molar-refractivity contribution in [1.29, 1.82) is 0 Å². The maximum absolute atomic E-state index is 9.40. The summed E-state index contributed by atoms with van der Waals surface area (Å²) in [5.74, 6) is 0. The molecular weight excluding hydrogens is 442 g/mol. The lowest BCUT2D eigenvalue weighted by molar-refractivity contribution is -0.218. The van der Waals surface area contributed by atoms with Gasteiger partial charge in [-0.05, 0) is 29.1 Å². The average Bonchev–Trinajstić information content (AvgIpc) is 2.90. The van der Waals surface area contributed by atoms with Gasteiger partial charge in [-0.1, -0.05) is 96.1 Å². The van der Waals surface area contributed by atoms with Gasteiger partial charge in [-0.2, -0.15) is 0 Å². The van der Waals surface area contributed by atoms with Gasteiger partial charge >= 0.3 is 0 Å². The summed E-state index contributed by atoms with van der Waals surface area (Å²) in [7, 11) is 0. The molecule has 3 aromatic carbocycles. The number of ether oxygens (including phenoxy) is 4. The van der Waals surface area contributed by atoms with E-state index in [9.17, 15) is 5.53 Å². The maximum atomic E-state index is 9.40. The normalized spacial score (nSPS) is 24.0. The van der Waals surface area contributed by atoms with Crippen molar-refractivity contribution >= 4 is 0 Å². The second kappa shape index (κ2) is 13.0. The predicted octanol–water partition coefficient (Wildman–Crippen LogP) is 5.84. The molecule has 1 aliphatic heterocycles. The Morgan fingerprint density at radius 1 is 0.743 bits per heavy atom. The molecule has 4 rings (SSSR count). The van der Waals surface area contributed by atoms with Crippen molar-refractivity contribution in [2.24, 2.45) is 5.11 Å². The van der Waals surface area contributed by atoms with E-state index in [4.69, 9.17) is 18.9 Å². The van der Waals surface area contributed by atoms with Crippen LogP contribution in [0.5, 0.6) is 0 Å². The molecule has 1 fully saturated rings. The van der Waals surface area contributed by atoms with Gasteiger partial charge in [-0.25, -0.2) is 0 Å². The number of rotatable bonds is 11. The molecule has 35 heavy (non-hydrogen) atoms. The van der Waals surface area contributed by atoms with Crippen molar-refractivity contribution < 1.29 is 18.9 Å². The first-order valence-electron chi connectivity index (χ1n) is 11.9. The first-order valence-corrected chi connectivity index (χ1v) is 11.9. The van der Waals surface area contributed by atoms with Crippen LogP contribution in [0.2, 0.25) is 0 Å². The van der Waals surface area contributed by atoms with Gasteiger partial charge in [0.15, 0.2) is 0 Å². The number of nitrogens with zero attached hydrogens (tertiary/aromatic N) is 3. The first-order chi connectivity index (χ1) is 17.2. The summed E-state index contributed by atoms with van der Waals surface area (Å²) < 4.78 is 24.9. The van der Waals surface area contributed by atoms with Gasteiger partial charge in [0, 0.05) is 4.91 Å². The summed E-state index contributed by atoms with van der Waals surface area (Å²) in [6.07, 6.45) is -1.71. The Bertz CT molecular complexity index is 1060. The number of hydrogen-bond donors (Lipinski definition) is 0. The van der Waals surface area contributed by atoms with Crippen LogP contribution in [0.4, 0.5) is 0 Å². The fourth-order valence-corrected chi connectivity index (χ4v) is 4.28. The van der Waals surface area contributed by atoms with E-state index in [1.807, 2.05) is 97.9 Å². The van der Waals surface area contributed by atoms with Crippen LogP contribution in [-0.2, 0) is 38.8 Å². The largest absolute Gasteiger partial charge is 0.374 e. The highest BCUT2D eigenvalue weighted by molar-refractivity contribution is 5.15.